The second-order valence-electron chi connectivity index (χ2n) is 3.34. The number of esters is 1. The van der Waals surface area contributed by atoms with Gasteiger partial charge in [0, 0.05) is 11.3 Å². The lowest BCUT2D eigenvalue weighted by Gasteiger charge is -2.05. The Labute approximate surface area is 93.0 Å². The molecule has 88 valence electrons. The molecule has 0 aliphatic heterocycles. The van der Waals surface area contributed by atoms with Crippen LogP contribution in [0.15, 0.2) is 12.2 Å². The Bertz CT molecular complexity index is 238. The molecule has 0 spiro atoms. The van der Waals surface area contributed by atoms with Crippen molar-refractivity contribution >= 4 is 17.0 Å². The summed E-state index contributed by atoms with van der Waals surface area (Å²) in [5.74, 6) is -0.151. The molecule has 0 aromatic rings. The highest BCUT2D eigenvalue weighted by molar-refractivity contribution is 7.79. The van der Waals surface area contributed by atoms with Gasteiger partial charge in [-0.2, -0.15) is 0 Å². The summed E-state index contributed by atoms with van der Waals surface area (Å²) < 4.78 is 25.2. The lowest BCUT2D eigenvalue weighted by molar-refractivity contribution is -0.139. The van der Waals surface area contributed by atoms with Crippen LogP contribution in [0.5, 0.6) is 0 Å². The van der Waals surface area contributed by atoms with Gasteiger partial charge < -0.3 is 9.29 Å². The van der Waals surface area contributed by atoms with Crippen molar-refractivity contribution in [1.82, 2.24) is 0 Å². The molecule has 0 aromatic carbocycles. The van der Waals surface area contributed by atoms with Gasteiger partial charge in [-0.15, -0.1) is 0 Å². The first kappa shape index (κ1) is 14.3. The number of hydrogen-bond donors (Lipinski definition) is 0. The van der Waals surface area contributed by atoms with Crippen LogP contribution in [0, 0.1) is 0 Å². The fraction of sp³-hybridized carbons (Fsp3) is 0.700. The molecule has 0 fully saturated rings. The molecule has 0 aliphatic rings. The Morgan fingerprint density at radius 2 is 1.93 bits per heavy atom. The van der Waals surface area contributed by atoms with Gasteiger partial charge in [0.15, 0.2) is 0 Å². The van der Waals surface area contributed by atoms with Crippen LogP contribution in [0.25, 0.3) is 0 Å². The molecule has 5 heteroatoms. The molecular formula is C10H17O4S-. The average Bonchev–Trinajstić information content (AvgIpc) is 2.15. The first-order valence-electron chi connectivity index (χ1n) is 4.92. The monoisotopic (exact) mass is 233 g/mol. The number of unbranched alkanes of at least 4 members (excludes halogenated alkanes) is 3. The van der Waals surface area contributed by atoms with E-state index < -0.39 is 11.1 Å². The Kier molecular flexibility index (Phi) is 8.22. The second-order valence-corrected chi connectivity index (χ2v) is 4.35. The summed E-state index contributed by atoms with van der Waals surface area (Å²) in [7, 11) is 0. The summed E-state index contributed by atoms with van der Waals surface area (Å²) in [4.78, 5) is 10.9. The molecule has 0 bridgehead atoms. The van der Waals surface area contributed by atoms with Crippen molar-refractivity contribution in [3.05, 3.63) is 12.2 Å². The van der Waals surface area contributed by atoms with E-state index in [0.717, 1.165) is 19.3 Å². The maximum atomic E-state index is 10.9. The van der Waals surface area contributed by atoms with E-state index in [-0.39, 0.29) is 11.7 Å². The van der Waals surface area contributed by atoms with E-state index in [4.69, 9.17) is 4.74 Å². The SMILES string of the molecule is C=C(C)C(=O)OCCCCCCS(=O)[O-]. The van der Waals surface area contributed by atoms with Gasteiger partial charge in [-0.1, -0.05) is 30.5 Å². The number of carbonyl (C=O) groups excluding carboxylic acids is 1. The standard InChI is InChI=1S/C10H18O4S/c1-9(2)10(11)14-7-5-3-4-6-8-15(12)13/h1,3-8H2,2H3,(H,12,13)/p-1. The quantitative estimate of drug-likeness (QED) is 0.276. The summed E-state index contributed by atoms with van der Waals surface area (Å²) in [5, 5.41) is 0. The van der Waals surface area contributed by atoms with Gasteiger partial charge in [0.05, 0.1) is 6.61 Å². The van der Waals surface area contributed by atoms with Crippen molar-refractivity contribution in [2.45, 2.75) is 32.6 Å². The molecule has 0 aliphatic carbocycles. The Morgan fingerprint density at radius 3 is 2.47 bits per heavy atom. The zero-order valence-corrected chi connectivity index (χ0v) is 9.81. The van der Waals surface area contributed by atoms with E-state index in [0.29, 0.717) is 18.6 Å². The maximum Gasteiger partial charge on any atom is 0.333 e. The Balaban J connectivity index is 3.22. The van der Waals surface area contributed by atoms with Gasteiger partial charge >= 0.3 is 5.97 Å². The maximum absolute atomic E-state index is 10.9. The molecule has 0 saturated carbocycles. The summed E-state index contributed by atoms with van der Waals surface area (Å²) in [5.41, 5.74) is 0.400. The Hall–Kier alpha value is -0.680. The molecule has 1 atom stereocenters. The fourth-order valence-electron chi connectivity index (χ4n) is 0.964. The third-order valence-corrected chi connectivity index (χ3v) is 2.41. The van der Waals surface area contributed by atoms with E-state index in [1.165, 1.54) is 0 Å². The van der Waals surface area contributed by atoms with E-state index in [1.807, 2.05) is 0 Å². The minimum atomic E-state index is -1.93. The molecule has 4 nitrogen and oxygen atoms in total. The molecular weight excluding hydrogens is 216 g/mol. The van der Waals surface area contributed by atoms with Crippen molar-refractivity contribution in [1.29, 1.82) is 0 Å². The molecule has 0 aromatic heterocycles. The highest BCUT2D eigenvalue weighted by atomic mass is 32.2. The molecule has 0 saturated heterocycles. The zero-order valence-electron chi connectivity index (χ0n) is 8.99. The molecule has 0 heterocycles. The van der Waals surface area contributed by atoms with Crippen LogP contribution in [0.4, 0.5) is 0 Å². The van der Waals surface area contributed by atoms with Crippen LogP contribution in [0.3, 0.4) is 0 Å². The second kappa shape index (κ2) is 8.61. The van der Waals surface area contributed by atoms with Gasteiger partial charge in [-0.3, -0.25) is 4.21 Å². The lowest BCUT2D eigenvalue weighted by atomic mass is 10.2. The largest absolute Gasteiger partial charge is 0.772 e. The van der Waals surface area contributed by atoms with Crippen LogP contribution in [-0.2, 0) is 20.6 Å². The summed E-state index contributed by atoms with van der Waals surface area (Å²) in [6.45, 7) is 5.44. The van der Waals surface area contributed by atoms with Gasteiger partial charge in [-0.25, -0.2) is 4.79 Å². The first-order chi connectivity index (χ1) is 7.04. The highest BCUT2D eigenvalue weighted by Crippen LogP contribution is 2.02. The minimum absolute atomic E-state index is 0.214. The molecule has 0 rings (SSSR count). The molecule has 15 heavy (non-hydrogen) atoms. The number of carbonyl (C=O) groups is 1. The van der Waals surface area contributed by atoms with Gasteiger partial charge in [-0.05, 0) is 19.8 Å². The van der Waals surface area contributed by atoms with Crippen molar-refractivity contribution in [2.75, 3.05) is 12.4 Å². The minimum Gasteiger partial charge on any atom is -0.772 e. The summed E-state index contributed by atoms with van der Waals surface area (Å²) in [6, 6.07) is 0. The highest BCUT2D eigenvalue weighted by Gasteiger charge is 2.01. The number of hydrogen-bond acceptors (Lipinski definition) is 4. The molecule has 0 amide bonds. The summed E-state index contributed by atoms with van der Waals surface area (Å²) >= 11 is -1.93. The molecule has 0 radical (unpaired) electrons. The third kappa shape index (κ3) is 9.62. The van der Waals surface area contributed by atoms with E-state index in [1.54, 1.807) is 6.92 Å². The normalized spacial score (nSPS) is 12.1. The molecule has 1 unspecified atom stereocenters. The first-order valence-corrected chi connectivity index (χ1v) is 6.17. The predicted molar refractivity (Wildman–Crippen MR) is 58.0 cm³/mol. The predicted octanol–water partition coefficient (Wildman–Crippen LogP) is 1.55. The average molecular weight is 233 g/mol. The van der Waals surface area contributed by atoms with Crippen molar-refractivity contribution in [3.8, 4) is 0 Å². The van der Waals surface area contributed by atoms with Crippen molar-refractivity contribution in [2.24, 2.45) is 0 Å². The summed E-state index contributed by atoms with van der Waals surface area (Å²) in [6.07, 6.45) is 3.16. The van der Waals surface area contributed by atoms with Gasteiger partial charge in [0.25, 0.3) is 0 Å². The number of ether oxygens (including phenoxy) is 1. The van der Waals surface area contributed by atoms with E-state index in [2.05, 4.69) is 6.58 Å². The van der Waals surface area contributed by atoms with Crippen molar-refractivity contribution in [3.63, 3.8) is 0 Å². The lowest BCUT2D eigenvalue weighted by Crippen LogP contribution is -2.06. The van der Waals surface area contributed by atoms with Crippen LogP contribution < -0.4 is 0 Å². The van der Waals surface area contributed by atoms with Crippen LogP contribution in [-0.4, -0.2) is 27.1 Å². The van der Waals surface area contributed by atoms with Gasteiger partial charge in [0.1, 0.15) is 0 Å². The fourth-order valence-corrected chi connectivity index (χ4v) is 1.40. The smallest absolute Gasteiger partial charge is 0.333 e. The van der Waals surface area contributed by atoms with Crippen LogP contribution >= 0.6 is 0 Å². The zero-order chi connectivity index (χ0) is 11.7. The van der Waals surface area contributed by atoms with Crippen LogP contribution in [0.2, 0.25) is 0 Å². The van der Waals surface area contributed by atoms with E-state index in [9.17, 15) is 13.6 Å². The third-order valence-electron chi connectivity index (χ3n) is 1.79. The topological polar surface area (TPSA) is 66.4 Å². The van der Waals surface area contributed by atoms with Crippen molar-refractivity contribution < 1.29 is 18.3 Å². The van der Waals surface area contributed by atoms with Gasteiger partial charge in [0.2, 0.25) is 0 Å². The molecule has 0 N–H and O–H groups in total. The van der Waals surface area contributed by atoms with Crippen LogP contribution in [0.1, 0.15) is 32.6 Å². The Morgan fingerprint density at radius 1 is 1.33 bits per heavy atom. The van der Waals surface area contributed by atoms with E-state index >= 15 is 0 Å². The number of rotatable bonds is 8.